The van der Waals surface area contributed by atoms with Gasteiger partial charge in [0, 0.05) is 17.6 Å². The minimum absolute atomic E-state index is 0. The van der Waals surface area contributed by atoms with E-state index in [9.17, 15) is 13.2 Å². The zero-order valence-electron chi connectivity index (χ0n) is 9.32. The summed E-state index contributed by atoms with van der Waals surface area (Å²) in [6, 6.07) is 7.51. The van der Waals surface area contributed by atoms with Gasteiger partial charge >= 0.3 is 6.18 Å². The number of nitrogens with zero attached hydrogens (tertiary/aromatic N) is 1. The molecule has 1 atom stereocenters. The van der Waals surface area contributed by atoms with Crippen LogP contribution in [0.15, 0.2) is 36.5 Å². The first-order valence-electron chi connectivity index (χ1n) is 5.13. The summed E-state index contributed by atoms with van der Waals surface area (Å²) >= 11 is 0. The van der Waals surface area contributed by atoms with Crippen molar-refractivity contribution in [3.63, 3.8) is 0 Å². The fourth-order valence-electron chi connectivity index (χ4n) is 1.80. The molecule has 0 amide bonds. The lowest BCUT2D eigenvalue weighted by atomic mass is 10.0. The maximum absolute atomic E-state index is 12.3. The summed E-state index contributed by atoms with van der Waals surface area (Å²) in [6.07, 6.45) is -3.81. The highest BCUT2D eigenvalue weighted by atomic mass is 35.5. The Kier molecular flexibility index (Phi) is 4.53. The van der Waals surface area contributed by atoms with E-state index in [0.29, 0.717) is 16.5 Å². The van der Waals surface area contributed by atoms with Gasteiger partial charge in [-0.1, -0.05) is 18.2 Å². The van der Waals surface area contributed by atoms with Crippen LogP contribution >= 0.6 is 12.4 Å². The third-order valence-electron chi connectivity index (χ3n) is 2.53. The number of nitrogens with two attached hydrogens (primary N) is 1. The molecule has 98 valence electrons. The SMILES string of the molecule is Cl.N[C@H](CC(F)(F)F)c1ccnc2ccccc12. The van der Waals surface area contributed by atoms with E-state index in [1.165, 1.54) is 6.20 Å². The number of benzene rings is 1. The van der Waals surface area contributed by atoms with Gasteiger partial charge in [-0.3, -0.25) is 4.98 Å². The standard InChI is InChI=1S/C12H11F3N2.ClH/c13-12(14,15)7-10(16)8-5-6-17-11-4-2-1-3-9(8)11;/h1-6,10H,7,16H2;1H/t10-;/m1./s1. The molecule has 0 saturated carbocycles. The summed E-state index contributed by atoms with van der Waals surface area (Å²) < 4.78 is 36.9. The van der Waals surface area contributed by atoms with Crippen molar-refractivity contribution in [3.05, 3.63) is 42.1 Å². The van der Waals surface area contributed by atoms with Gasteiger partial charge in [-0.25, -0.2) is 0 Å². The highest BCUT2D eigenvalue weighted by Gasteiger charge is 2.31. The number of fused-ring (bicyclic) bond motifs is 1. The molecular formula is C12H12ClF3N2. The first kappa shape index (κ1) is 14.7. The van der Waals surface area contributed by atoms with Gasteiger partial charge in [0.25, 0.3) is 0 Å². The van der Waals surface area contributed by atoms with Gasteiger partial charge in [-0.05, 0) is 17.7 Å². The Bertz CT molecular complexity index is 523. The molecule has 2 nitrogen and oxygen atoms in total. The lowest BCUT2D eigenvalue weighted by Crippen LogP contribution is -2.20. The van der Waals surface area contributed by atoms with Crippen LogP contribution in [0.4, 0.5) is 13.2 Å². The molecule has 2 aromatic rings. The zero-order chi connectivity index (χ0) is 12.5. The number of alkyl halides is 3. The van der Waals surface area contributed by atoms with Gasteiger partial charge in [0.1, 0.15) is 0 Å². The molecule has 2 rings (SSSR count). The second-order valence-corrected chi connectivity index (χ2v) is 3.84. The zero-order valence-corrected chi connectivity index (χ0v) is 10.1. The van der Waals surface area contributed by atoms with E-state index in [2.05, 4.69) is 4.98 Å². The number of hydrogen-bond donors (Lipinski definition) is 1. The van der Waals surface area contributed by atoms with Crippen LogP contribution in [0.1, 0.15) is 18.0 Å². The van der Waals surface area contributed by atoms with Crippen molar-refractivity contribution in [1.82, 2.24) is 4.98 Å². The van der Waals surface area contributed by atoms with E-state index < -0.39 is 18.6 Å². The van der Waals surface area contributed by atoms with Gasteiger partial charge in [-0.2, -0.15) is 13.2 Å². The van der Waals surface area contributed by atoms with Gasteiger partial charge in [0.15, 0.2) is 0 Å². The van der Waals surface area contributed by atoms with Crippen molar-refractivity contribution in [1.29, 1.82) is 0 Å². The molecule has 0 spiro atoms. The molecule has 6 heteroatoms. The Hall–Kier alpha value is -1.33. The topological polar surface area (TPSA) is 38.9 Å². The molecule has 0 unspecified atom stereocenters. The van der Waals surface area contributed by atoms with E-state index in [4.69, 9.17) is 5.73 Å². The Morgan fingerprint density at radius 1 is 1.17 bits per heavy atom. The second kappa shape index (κ2) is 5.54. The number of hydrogen-bond acceptors (Lipinski definition) is 2. The van der Waals surface area contributed by atoms with E-state index in [-0.39, 0.29) is 12.4 Å². The van der Waals surface area contributed by atoms with E-state index in [1.54, 1.807) is 30.3 Å². The van der Waals surface area contributed by atoms with Gasteiger partial charge in [0.05, 0.1) is 11.9 Å². The van der Waals surface area contributed by atoms with Crippen LogP contribution < -0.4 is 5.73 Å². The molecular weight excluding hydrogens is 265 g/mol. The predicted octanol–water partition coefficient (Wildman–Crippen LogP) is 3.61. The molecule has 2 N–H and O–H groups in total. The van der Waals surface area contributed by atoms with Crippen LogP contribution in [0.5, 0.6) is 0 Å². The van der Waals surface area contributed by atoms with Crippen molar-refractivity contribution in [2.75, 3.05) is 0 Å². The molecule has 0 aliphatic rings. The maximum atomic E-state index is 12.3. The van der Waals surface area contributed by atoms with Crippen LogP contribution in [0.25, 0.3) is 10.9 Å². The molecule has 0 saturated heterocycles. The normalized spacial score (nSPS) is 13.1. The molecule has 0 aliphatic carbocycles. The Morgan fingerprint density at radius 3 is 2.50 bits per heavy atom. The first-order valence-corrected chi connectivity index (χ1v) is 5.13. The lowest BCUT2D eigenvalue weighted by Gasteiger charge is -2.16. The Morgan fingerprint density at radius 2 is 1.83 bits per heavy atom. The molecule has 1 aromatic heterocycles. The number of rotatable bonds is 2. The van der Waals surface area contributed by atoms with Crippen LogP contribution in [0, 0.1) is 0 Å². The quantitative estimate of drug-likeness (QED) is 0.910. The summed E-state index contributed by atoms with van der Waals surface area (Å²) in [6.45, 7) is 0. The third-order valence-corrected chi connectivity index (χ3v) is 2.53. The molecule has 0 fully saturated rings. The molecule has 0 aliphatic heterocycles. The van der Waals surface area contributed by atoms with Gasteiger partial charge in [0.2, 0.25) is 0 Å². The second-order valence-electron chi connectivity index (χ2n) is 3.84. The lowest BCUT2D eigenvalue weighted by molar-refractivity contribution is -0.138. The monoisotopic (exact) mass is 276 g/mol. The van der Waals surface area contributed by atoms with Crippen molar-refractivity contribution in [2.45, 2.75) is 18.6 Å². The highest BCUT2D eigenvalue weighted by molar-refractivity contribution is 5.85. The molecule has 0 radical (unpaired) electrons. The fourth-order valence-corrected chi connectivity index (χ4v) is 1.80. The van der Waals surface area contributed by atoms with Crippen molar-refractivity contribution in [3.8, 4) is 0 Å². The largest absolute Gasteiger partial charge is 0.390 e. The molecule has 1 aromatic carbocycles. The molecule has 0 bridgehead atoms. The number of para-hydroxylation sites is 1. The van der Waals surface area contributed by atoms with E-state index >= 15 is 0 Å². The van der Waals surface area contributed by atoms with Crippen LogP contribution in [-0.4, -0.2) is 11.2 Å². The average Bonchev–Trinajstić information content (AvgIpc) is 2.26. The average molecular weight is 277 g/mol. The summed E-state index contributed by atoms with van der Waals surface area (Å²) in [7, 11) is 0. The van der Waals surface area contributed by atoms with Crippen LogP contribution in [0.3, 0.4) is 0 Å². The molecule has 18 heavy (non-hydrogen) atoms. The highest BCUT2D eigenvalue weighted by Crippen LogP contribution is 2.30. The number of halogens is 4. The number of pyridine rings is 1. The van der Waals surface area contributed by atoms with Gasteiger partial charge in [-0.15, -0.1) is 12.4 Å². The number of aromatic nitrogens is 1. The summed E-state index contributed by atoms with van der Waals surface area (Å²) in [5.74, 6) is 0. The van der Waals surface area contributed by atoms with E-state index in [0.717, 1.165) is 0 Å². The third kappa shape index (κ3) is 3.34. The summed E-state index contributed by atoms with van der Waals surface area (Å²) in [5, 5.41) is 0.673. The van der Waals surface area contributed by atoms with Gasteiger partial charge < -0.3 is 5.73 Å². The Balaban J connectivity index is 0.00000162. The van der Waals surface area contributed by atoms with E-state index in [1.807, 2.05) is 0 Å². The minimum atomic E-state index is -4.26. The van der Waals surface area contributed by atoms with Crippen LogP contribution in [-0.2, 0) is 0 Å². The Labute approximate surface area is 108 Å². The van der Waals surface area contributed by atoms with Crippen molar-refractivity contribution >= 4 is 23.3 Å². The van der Waals surface area contributed by atoms with Crippen molar-refractivity contribution in [2.24, 2.45) is 5.73 Å². The molecule has 1 heterocycles. The maximum Gasteiger partial charge on any atom is 0.390 e. The predicted molar refractivity (Wildman–Crippen MR) is 66.6 cm³/mol. The first-order chi connectivity index (χ1) is 7.97. The fraction of sp³-hybridized carbons (Fsp3) is 0.250. The van der Waals surface area contributed by atoms with Crippen LogP contribution in [0.2, 0.25) is 0 Å². The van der Waals surface area contributed by atoms with Crippen molar-refractivity contribution < 1.29 is 13.2 Å². The minimum Gasteiger partial charge on any atom is -0.324 e. The summed E-state index contributed by atoms with van der Waals surface area (Å²) in [5.41, 5.74) is 6.73. The summed E-state index contributed by atoms with van der Waals surface area (Å²) in [4.78, 5) is 4.08. The smallest absolute Gasteiger partial charge is 0.324 e.